The number of hydrogen-bond donors (Lipinski definition) is 2. The molecule has 108 valence electrons. The summed E-state index contributed by atoms with van der Waals surface area (Å²) >= 11 is 3.23. The molecule has 0 fully saturated rings. The molecule has 2 atom stereocenters. The standard InChI is InChI=1S/C11H18BrN3O3S/c1-8(3-6-19(2)18)14-9-7-13-15(4-5-16)11(17)10(9)12/h7-8,14,16H,3-6H2,1-2H3. The predicted octanol–water partition coefficient (Wildman–Crippen LogP) is 0.567. The van der Waals surface area contributed by atoms with E-state index < -0.39 is 10.8 Å². The van der Waals surface area contributed by atoms with Gasteiger partial charge >= 0.3 is 0 Å². The van der Waals surface area contributed by atoms with Crippen LogP contribution in [0.2, 0.25) is 0 Å². The van der Waals surface area contributed by atoms with E-state index in [1.54, 1.807) is 12.5 Å². The Hall–Kier alpha value is -0.730. The number of aliphatic hydroxyl groups is 1. The average molecular weight is 352 g/mol. The number of nitrogens with zero attached hydrogens (tertiary/aromatic N) is 2. The Labute approximate surface area is 122 Å². The van der Waals surface area contributed by atoms with E-state index in [1.165, 1.54) is 4.68 Å². The van der Waals surface area contributed by atoms with E-state index in [1.807, 2.05) is 6.92 Å². The first-order valence-corrected chi connectivity index (χ1v) is 8.40. The van der Waals surface area contributed by atoms with Crippen LogP contribution in [0.3, 0.4) is 0 Å². The van der Waals surface area contributed by atoms with Crippen LogP contribution in [0.15, 0.2) is 15.5 Å². The minimum absolute atomic E-state index is 0.0927. The first kappa shape index (κ1) is 16.3. The molecule has 0 saturated carbocycles. The molecule has 1 rings (SSSR count). The van der Waals surface area contributed by atoms with Crippen molar-refractivity contribution in [2.45, 2.75) is 25.9 Å². The van der Waals surface area contributed by atoms with Crippen molar-refractivity contribution in [1.82, 2.24) is 9.78 Å². The SMILES string of the molecule is CC(CCS(C)=O)Nc1cnn(CCO)c(=O)c1Br. The molecule has 0 aliphatic carbocycles. The van der Waals surface area contributed by atoms with Gasteiger partial charge in [-0.15, -0.1) is 0 Å². The Bertz CT molecular complexity index is 506. The fraction of sp³-hybridized carbons (Fsp3) is 0.636. The van der Waals surface area contributed by atoms with Gasteiger partial charge in [0.25, 0.3) is 5.56 Å². The Morgan fingerprint density at radius 1 is 1.63 bits per heavy atom. The number of hydrogen-bond acceptors (Lipinski definition) is 5. The van der Waals surface area contributed by atoms with Crippen molar-refractivity contribution in [2.24, 2.45) is 0 Å². The molecule has 0 spiro atoms. The van der Waals surface area contributed by atoms with Crippen LogP contribution in [0.1, 0.15) is 13.3 Å². The maximum absolute atomic E-state index is 11.9. The van der Waals surface area contributed by atoms with Crippen molar-refractivity contribution in [1.29, 1.82) is 0 Å². The van der Waals surface area contributed by atoms with E-state index in [4.69, 9.17) is 5.11 Å². The summed E-state index contributed by atoms with van der Waals surface area (Å²) in [4.78, 5) is 11.9. The summed E-state index contributed by atoms with van der Waals surface area (Å²) < 4.78 is 12.6. The zero-order chi connectivity index (χ0) is 14.4. The van der Waals surface area contributed by atoms with Crippen LogP contribution >= 0.6 is 15.9 Å². The van der Waals surface area contributed by atoms with Crippen LogP contribution in [0.5, 0.6) is 0 Å². The Morgan fingerprint density at radius 2 is 2.32 bits per heavy atom. The second kappa shape index (κ2) is 7.76. The van der Waals surface area contributed by atoms with Gasteiger partial charge in [0.05, 0.1) is 25.0 Å². The van der Waals surface area contributed by atoms with Crippen molar-refractivity contribution in [3.05, 3.63) is 21.0 Å². The van der Waals surface area contributed by atoms with Gasteiger partial charge in [0, 0.05) is 28.9 Å². The third-order valence-electron chi connectivity index (χ3n) is 2.54. The fourth-order valence-corrected chi connectivity index (χ4v) is 2.61. The van der Waals surface area contributed by atoms with Crippen LogP contribution in [-0.2, 0) is 17.3 Å². The largest absolute Gasteiger partial charge is 0.394 e. The molecule has 2 unspecified atom stereocenters. The minimum Gasteiger partial charge on any atom is -0.394 e. The van der Waals surface area contributed by atoms with Gasteiger partial charge in [0.15, 0.2) is 0 Å². The normalized spacial score (nSPS) is 14.1. The summed E-state index contributed by atoms with van der Waals surface area (Å²) in [5.41, 5.74) is 0.318. The molecule has 19 heavy (non-hydrogen) atoms. The van der Waals surface area contributed by atoms with E-state index >= 15 is 0 Å². The molecular weight excluding hydrogens is 334 g/mol. The molecule has 0 aliphatic heterocycles. The van der Waals surface area contributed by atoms with Gasteiger partial charge in [0.2, 0.25) is 0 Å². The molecule has 0 radical (unpaired) electrons. The molecule has 0 saturated heterocycles. The second-order valence-electron chi connectivity index (χ2n) is 4.24. The Morgan fingerprint density at radius 3 is 2.89 bits per heavy atom. The van der Waals surface area contributed by atoms with E-state index in [9.17, 15) is 9.00 Å². The van der Waals surface area contributed by atoms with Gasteiger partial charge in [0.1, 0.15) is 4.47 Å². The molecule has 6 nitrogen and oxygen atoms in total. The molecular formula is C11H18BrN3O3S. The van der Waals surface area contributed by atoms with E-state index in [0.29, 0.717) is 15.9 Å². The van der Waals surface area contributed by atoms with E-state index in [0.717, 1.165) is 6.42 Å². The highest BCUT2D eigenvalue weighted by molar-refractivity contribution is 9.10. The summed E-state index contributed by atoms with van der Waals surface area (Å²) in [6, 6.07) is 0.0927. The summed E-state index contributed by atoms with van der Waals surface area (Å²) in [5, 5.41) is 15.9. The van der Waals surface area contributed by atoms with Crippen LogP contribution < -0.4 is 10.9 Å². The Balaban J connectivity index is 2.77. The fourth-order valence-electron chi connectivity index (χ4n) is 1.50. The molecule has 1 aromatic rings. The van der Waals surface area contributed by atoms with Crippen molar-refractivity contribution in [3.8, 4) is 0 Å². The smallest absolute Gasteiger partial charge is 0.283 e. The van der Waals surface area contributed by atoms with Crippen molar-refractivity contribution >= 4 is 32.4 Å². The first-order valence-electron chi connectivity index (χ1n) is 5.88. The molecule has 1 aromatic heterocycles. The Kier molecular flexibility index (Phi) is 6.67. The number of aliphatic hydroxyl groups excluding tert-OH is 1. The molecule has 0 aliphatic rings. The molecule has 0 bridgehead atoms. The number of anilines is 1. The minimum atomic E-state index is -0.821. The van der Waals surface area contributed by atoms with E-state index in [2.05, 4.69) is 26.3 Å². The third-order valence-corrected chi connectivity index (χ3v) is 4.11. The van der Waals surface area contributed by atoms with Gasteiger partial charge in [-0.25, -0.2) is 4.68 Å². The molecule has 0 aromatic carbocycles. The summed E-state index contributed by atoms with van der Waals surface area (Å²) in [5.74, 6) is 0.612. The predicted molar refractivity (Wildman–Crippen MR) is 79.9 cm³/mol. The first-order chi connectivity index (χ1) is 8.95. The molecule has 2 N–H and O–H groups in total. The van der Waals surface area contributed by atoms with Gasteiger partial charge in [-0.2, -0.15) is 5.10 Å². The monoisotopic (exact) mass is 351 g/mol. The highest BCUT2D eigenvalue weighted by atomic mass is 79.9. The lowest BCUT2D eigenvalue weighted by Crippen LogP contribution is -2.27. The summed E-state index contributed by atoms with van der Waals surface area (Å²) in [6.45, 7) is 1.99. The molecule has 0 amide bonds. The van der Waals surface area contributed by atoms with Gasteiger partial charge in [-0.05, 0) is 29.3 Å². The third kappa shape index (κ3) is 5.04. The summed E-state index contributed by atoms with van der Waals surface area (Å²) in [6.07, 6.45) is 3.95. The number of aromatic nitrogens is 2. The second-order valence-corrected chi connectivity index (χ2v) is 6.58. The van der Waals surface area contributed by atoms with E-state index in [-0.39, 0.29) is 24.8 Å². The highest BCUT2D eigenvalue weighted by Crippen LogP contribution is 2.17. The van der Waals surface area contributed by atoms with Gasteiger partial charge in [-0.3, -0.25) is 9.00 Å². The van der Waals surface area contributed by atoms with Gasteiger partial charge < -0.3 is 10.4 Å². The lowest BCUT2D eigenvalue weighted by molar-refractivity contribution is 0.266. The maximum Gasteiger partial charge on any atom is 0.283 e. The quantitative estimate of drug-likeness (QED) is 0.750. The average Bonchev–Trinajstić information content (AvgIpc) is 2.36. The maximum atomic E-state index is 11.9. The summed E-state index contributed by atoms with van der Waals surface area (Å²) in [7, 11) is -0.821. The van der Waals surface area contributed by atoms with Crippen LogP contribution in [0.4, 0.5) is 5.69 Å². The topological polar surface area (TPSA) is 84.2 Å². The van der Waals surface area contributed by atoms with Gasteiger partial charge in [-0.1, -0.05) is 0 Å². The van der Waals surface area contributed by atoms with Crippen LogP contribution in [0, 0.1) is 0 Å². The lowest BCUT2D eigenvalue weighted by atomic mass is 10.2. The zero-order valence-electron chi connectivity index (χ0n) is 10.9. The van der Waals surface area contributed by atoms with Crippen molar-refractivity contribution in [3.63, 3.8) is 0 Å². The molecule has 8 heteroatoms. The molecule has 1 heterocycles. The number of halogens is 1. The van der Waals surface area contributed by atoms with Crippen LogP contribution in [0.25, 0.3) is 0 Å². The van der Waals surface area contributed by atoms with Crippen molar-refractivity contribution < 1.29 is 9.32 Å². The lowest BCUT2D eigenvalue weighted by Gasteiger charge is -2.16. The zero-order valence-corrected chi connectivity index (χ0v) is 13.3. The number of nitrogens with one attached hydrogen (secondary N) is 1. The van der Waals surface area contributed by atoms with Crippen LogP contribution in [-0.4, -0.2) is 43.8 Å². The number of rotatable bonds is 7. The highest BCUT2D eigenvalue weighted by Gasteiger charge is 2.11. The van der Waals surface area contributed by atoms with Crippen molar-refractivity contribution in [2.75, 3.05) is 23.9 Å².